The van der Waals surface area contributed by atoms with Gasteiger partial charge < -0.3 is 9.42 Å². The molecule has 1 amide bonds. The van der Waals surface area contributed by atoms with Gasteiger partial charge >= 0.3 is 0 Å². The Morgan fingerprint density at radius 1 is 1.14 bits per heavy atom. The first-order chi connectivity index (χ1) is 14.1. The summed E-state index contributed by atoms with van der Waals surface area (Å²) in [5, 5.41) is 4.08. The van der Waals surface area contributed by atoms with Crippen LogP contribution in [-0.4, -0.2) is 32.0 Å². The van der Waals surface area contributed by atoms with E-state index in [1.807, 2.05) is 29.2 Å². The highest BCUT2D eigenvalue weighted by Crippen LogP contribution is 2.29. The Bertz CT molecular complexity index is 947. The highest BCUT2D eigenvalue weighted by Gasteiger charge is 2.32. The van der Waals surface area contributed by atoms with E-state index in [2.05, 4.69) is 41.1 Å². The minimum absolute atomic E-state index is 0.130. The summed E-state index contributed by atoms with van der Waals surface area (Å²) in [6, 6.07) is 12.5. The molecule has 6 heteroatoms. The SMILES string of the molecule is CC(C)c1ccc(-c2noc(CCC(=O)N(Cc3ccncc3)C3CC3)n2)cc1. The Morgan fingerprint density at radius 2 is 1.86 bits per heavy atom. The van der Waals surface area contributed by atoms with Gasteiger partial charge in [-0.2, -0.15) is 4.98 Å². The molecule has 1 aliphatic carbocycles. The van der Waals surface area contributed by atoms with Crippen molar-refractivity contribution >= 4 is 5.91 Å². The zero-order valence-electron chi connectivity index (χ0n) is 16.9. The number of aryl methyl sites for hydroxylation is 1. The van der Waals surface area contributed by atoms with Crippen LogP contribution >= 0.6 is 0 Å². The molecular formula is C23H26N4O2. The van der Waals surface area contributed by atoms with Crippen LogP contribution in [0.4, 0.5) is 0 Å². The lowest BCUT2D eigenvalue weighted by molar-refractivity contribution is -0.132. The van der Waals surface area contributed by atoms with Crippen molar-refractivity contribution in [2.24, 2.45) is 0 Å². The zero-order valence-corrected chi connectivity index (χ0v) is 16.9. The van der Waals surface area contributed by atoms with Gasteiger partial charge in [-0.25, -0.2) is 0 Å². The van der Waals surface area contributed by atoms with Crippen molar-refractivity contribution in [3.63, 3.8) is 0 Å². The van der Waals surface area contributed by atoms with Gasteiger partial charge in [0.2, 0.25) is 17.6 Å². The topological polar surface area (TPSA) is 72.1 Å². The van der Waals surface area contributed by atoms with Crippen molar-refractivity contribution < 1.29 is 9.32 Å². The van der Waals surface area contributed by atoms with E-state index in [1.165, 1.54) is 5.56 Å². The Morgan fingerprint density at radius 3 is 2.52 bits per heavy atom. The summed E-state index contributed by atoms with van der Waals surface area (Å²) in [5.41, 5.74) is 3.30. The summed E-state index contributed by atoms with van der Waals surface area (Å²) >= 11 is 0. The van der Waals surface area contributed by atoms with Crippen LogP contribution in [0, 0.1) is 0 Å². The van der Waals surface area contributed by atoms with E-state index in [-0.39, 0.29) is 5.91 Å². The molecule has 150 valence electrons. The number of carbonyl (C=O) groups excluding carboxylic acids is 1. The molecule has 0 saturated heterocycles. The van der Waals surface area contributed by atoms with Gasteiger partial charge in [-0.3, -0.25) is 9.78 Å². The van der Waals surface area contributed by atoms with Gasteiger partial charge in [0.25, 0.3) is 0 Å². The van der Waals surface area contributed by atoms with Crippen LogP contribution in [0.1, 0.15) is 56.0 Å². The minimum atomic E-state index is 0.130. The number of amides is 1. The van der Waals surface area contributed by atoms with Crippen LogP contribution in [0.15, 0.2) is 53.3 Å². The van der Waals surface area contributed by atoms with Crippen LogP contribution in [0.5, 0.6) is 0 Å². The normalized spacial score (nSPS) is 13.6. The average molecular weight is 390 g/mol. The second-order valence-corrected chi connectivity index (χ2v) is 7.90. The van der Waals surface area contributed by atoms with Gasteiger partial charge in [0, 0.05) is 43.4 Å². The summed E-state index contributed by atoms with van der Waals surface area (Å²) in [6.45, 7) is 4.96. The molecule has 3 aromatic rings. The predicted octanol–water partition coefficient (Wildman–Crippen LogP) is 4.38. The van der Waals surface area contributed by atoms with Crippen molar-refractivity contribution in [1.29, 1.82) is 0 Å². The van der Waals surface area contributed by atoms with E-state index >= 15 is 0 Å². The van der Waals surface area contributed by atoms with Gasteiger partial charge in [0.1, 0.15) is 0 Å². The van der Waals surface area contributed by atoms with Crippen molar-refractivity contribution in [1.82, 2.24) is 20.0 Å². The van der Waals surface area contributed by atoms with Crippen molar-refractivity contribution in [2.45, 2.75) is 58.0 Å². The van der Waals surface area contributed by atoms with Crippen LogP contribution in [0.25, 0.3) is 11.4 Å². The van der Waals surface area contributed by atoms with Crippen LogP contribution in [-0.2, 0) is 17.8 Å². The first kappa shape index (κ1) is 19.3. The van der Waals surface area contributed by atoms with Gasteiger partial charge in [-0.05, 0) is 42.0 Å². The molecule has 1 saturated carbocycles. The maximum atomic E-state index is 12.8. The Balaban J connectivity index is 1.36. The fraction of sp³-hybridized carbons (Fsp3) is 0.391. The first-order valence-corrected chi connectivity index (χ1v) is 10.2. The van der Waals surface area contributed by atoms with E-state index < -0.39 is 0 Å². The second kappa shape index (κ2) is 8.55. The van der Waals surface area contributed by atoms with Gasteiger partial charge in [0.05, 0.1) is 0 Å². The number of benzene rings is 1. The molecule has 0 radical (unpaired) electrons. The summed E-state index contributed by atoms with van der Waals surface area (Å²) in [7, 11) is 0. The summed E-state index contributed by atoms with van der Waals surface area (Å²) in [5.74, 6) is 1.68. The maximum Gasteiger partial charge on any atom is 0.227 e. The molecule has 2 aromatic heterocycles. The fourth-order valence-electron chi connectivity index (χ4n) is 3.34. The molecule has 29 heavy (non-hydrogen) atoms. The number of hydrogen-bond donors (Lipinski definition) is 0. The lowest BCUT2D eigenvalue weighted by Crippen LogP contribution is -2.32. The van der Waals surface area contributed by atoms with E-state index in [0.717, 1.165) is 24.0 Å². The molecule has 6 nitrogen and oxygen atoms in total. The fourth-order valence-corrected chi connectivity index (χ4v) is 3.34. The predicted molar refractivity (Wildman–Crippen MR) is 110 cm³/mol. The molecule has 1 aromatic carbocycles. The highest BCUT2D eigenvalue weighted by atomic mass is 16.5. The lowest BCUT2D eigenvalue weighted by Gasteiger charge is -2.22. The van der Waals surface area contributed by atoms with Gasteiger partial charge in [-0.15, -0.1) is 0 Å². The minimum Gasteiger partial charge on any atom is -0.339 e. The zero-order chi connectivity index (χ0) is 20.2. The third-order valence-electron chi connectivity index (χ3n) is 5.27. The molecule has 0 atom stereocenters. The Kier molecular flexibility index (Phi) is 5.69. The molecular weight excluding hydrogens is 364 g/mol. The number of aromatic nitrogens is 3. The van der Waals surface area contributed by atoms with E-state index in [9.17, 15) is 4.79 Å². The van der Waals surface area contributed by atoms with E-state index in [1.54, 1.807) is 12.4 Å². The number of pyridine rings is 1. The van der Waals surface area contributed by atoms with Crippen LogP contribution < -0.4 is 0 Å². The van der Waals surface area contributed by atoms with Gasteiger partial charge in [-0.1, -0.05) is 43.3 Å². The number of hydrogen-bond acceptors (Lipinski definition) is 5. The van der Waals surface area contributed by atoms with Crippen LogP contribution in [0.3, 0.4) is 0 Å². The monoisotopic (exact) mass is 390 g/mol. The maximum absolute atomic E-state index is 12.8. The Labute approximate surface area is 171 Å². The van der Waals surface area contributed by atoms with E-state index in [0.29, 0.717) is 43.1 Å². The smallest absolute Gasteiger partial charge is 0.227 e. The third-order valence-corrected chi connectivity index (χ3v) is 5.27. The summed E-state index contributed by atoms with van der Waals surface area (Å²) in [6.07, 6.45) is 6.50. The van der Waals surface area contributed by atoms with Crippen molar-refractivity contribution in [3.8, 4) is 11.4 Å². The summed E-state index contributed by atoms with van der Waals surface area (Å²) < 4.78 is 5.38. The lowest BCUT2D eigenvalue weighted by atomic mass is 10.0. The molecule has 1 fully saturated rings. The molecule has 0 spiro atoms. The van der Waals surface area contributed by atoms with Crippen molar-refractivity contribution in [3.05, 3.63) is 65.8 Å². The largest absolute Gasteiger partial charge is 0.339 e. The molecule has 0 aliphatic heterocycles. The average Bonchev–Trinajstić information content (AvgIpc) is 3.48. The molecule has 0 unspecified atom stereocenters. The highest BCUT2D eigenvalue weighted by molar-refractivity contribution is 5.77. The van der Waals surface area contributed by atoms with E-state index in [4.69, 9.17) is 4.52 Å². The van der Waals surface area contributed by atoms with Crippen molar-refractivity contribution in [2.75, 3.05) is 0 Å². The Hall–Kier alpha value is -3.02. The van der Waals surface area contributed by atoms with Gasteiger partial charge in [0.15, 0.2) is 0 Å². The standard InChI is InChI=1S/C23H26N4O2/c1-16(2)18-3-5-19(6-4-18)23-25-21(29-26-23)9-10-22(28)27(20-7-8-20)15-17-11-13-24-14-12-17/h3-6,11-14,16,20H,7-10,15H2,1-2H3. The molecule has 1 aliphatic rings. The van der Waals surface area contributed by atoms with Crippen LogP contribution in [0.2, 0.25) is 0 Å². The number of carbonyl (C=O) groups is 1. The molecule has 2 heterocycles. The number of rotatable bonds is 8. The quantitative estimate of drug-likeness (QED) is 0.571. The molecule has 4 rings (SSSR count). The summed E-state index contributed by atoms with van der Waals surface area (Å²) in [4.78, 5) is 23.3. The first-order valence-electron chi connectivity index (χ1n) is 10.2. The molecule has 0 N–H and O–H groups in total. The molecule has 0 bridgehead atoms. The number of nitrogens with zero attached hydrogens (tertiary/aromatic N) is 4. The second-order valence-electron chi connectivity index (χ2n) is 7.90. The third kappa shape index (κ3) is 4.88.